The molecule has 59 heavy (non-hydrogen) atoms. The zero-order chi connectivity index (χ0) is 42.7. The number of carbonyl (C=O) groups is 1. The van der Waals surface area contributed by atoms with Crippen LogP contribution in [0.3, 0.4) is 0 Å². The molecule has 0 atom stereocenters. The summed E-state index contributed by atoms with van der Waals surface area (Å²) in [7, 11) is 1.37. The maximum absolute atomic E-state index is 13.3. The van der Waals surface area contributed by atoms with Gasteiger partial charge in [0.2, 0.25) is 0 Å². The molecule has 6 aromatic rings. The van der Waals surface area contributed by atoms with Crippen molar-refractivity contribution >= 4 is 51.2 Å². The molecule has 0 fully saturated rings. The Labute approximate surface area is 358 Å². The van der Waals surface area contributed by atoms with Gasteiger partial charge in [-0.1, -0.05) is 17.7 Å². The molecule has 312 valence electrons. The Hall–Kier alpha value is -4.33. The molecule has 3 aromatic carbocycles. The molecule has 0 aliphatic rings. The molecule has 0 aliphatic carbocycles. The van der Waals surface area contributed by atoms with E-state index in [2.05, 4.69) is 54.1 Å². The van der Waals surface area contributed by atoms with E-state index in [9.17, 15) is 22.8 Å². The summed E-state index contributed by atoms with van der Waals surface area (Å²) in [4.78, 5) is 25.8. The third-order valence-corrected chi connectivity index (χ3v) is 26.5. The number of benzene rings is 3. The van der Waals surface area contributed by atoms with Crippen molar-refractivity contribution in [2.45, 2.75) is 85.7 Å². The predicted molar refractivity (Wildman–Crippen MR) is 236 cm³/mol. The van der Waals surface area contributed by atoms with E-state index < -0.39 is 41.6 Å². The van der Waals surface area contributed by atoms with Crippen molar-refractivity contribution in [1.29, 1.82) is 0 Å². The molecule has 0 spiro atoms. The number of amides is 1. The molecule has 0 saturated heterocycles. The maximum atomic E-state index is 13.3. The average Bonchev–Trinajstić information content (AvgIpc) is 3.93. The fraction of sp³-hybridized carbons (Fsp3) is 0.333. The van der Waals surface area contributed by atoms with Gasteiger partial charge in [0, 0.05) is 29.0 Å². The van der Waals surface area contributed by atoms with E-state index in [0.717, 1.165) is 27.4 Å². The Morgan fingerprint density at radius 3 is 1.78 bits per heavy atom. The quantitative estimate of drug-likeness (QED) is 0.104. The summed E-state index contributed by atoms with van der Waals surface area (Å²) < 4.78 is 51.0. The molecule has 1 N–H and O–H groups in total. The van der Waals surface area contributed by atoms with E-state index in [1.165, 1.54) is 77.1 Å². The first kappa shape index (κ1) is 45.7. The fourth-order valence-corrected chi connectivity index (χ4v) is 23.9. The Morgan fingerprint density at radius 1 is 0.729 bits per heavy atom. The molecular weight excluding hydrogens is 903 g/mol. The zero-order valence-electron chi connectivity index (χ0n) is 34.1. The van der Waals surface area contributed by atoms with Gasteiger partial charge in [-0.15, -0.1) is 0 Å². The second kappa shape index (κ2) is 20.8. The smallest absolute Gasteiger partial charge is 0.355 e. The first-order valence-electron chi connectivity index (χ1n) is 20.1. The molecule has 3 heterocycles. The molecule has 0 aliphatic heterocycles. The van der Waals surface area contributed by atoms with Crippen molar-refractivity contribution < 1.29 is 18.0 Å². The summed E-state index contributed by atoms with van der Waals surface area (Å²) in [6.45, 7) is 8.58. The molecule has 3 aromatic heterocycles. The number of hydrogen-bond donors (Lipinski definition) is 1. The minimum absolute atomic E-state index is 0.0121. The number of aromatic nitrogens is 5. The number of nitrogens with one attached hydrogen (secondary N) is 1. The van der Waals surface area contributed by atoms with Crippen molar-refractivity contribution in [2.24, 2.45) is 0 Å². The third kappa shape index (κ3) is 10.9. The van der Waals surface area contributed by atoms with Crippen LogP contribution >= 0.6 is 23.2 Å². The van der Waals surface area contributed by atoms with Crippen molar-refractivity contribution in [1.82, 2.24) is 29.4 Å². The molecule has 0 unspecified atom stereocenters. The van der Waals surface area contributed by atoms with Crippen molar-refractivity contribution in [3.8, 4) is 28.3 Å². The molecule has 1 amide bonds. The van der Waals surface area contributed by atoms with E-state index >= 15 is 0 Å². The summed E-state index contributed by atoms with van der Waals surface area (Å²) in [5.41, 5.74) is 1.27. The van der Waals surface area contributed by atoms with E-state index in [1.807, 2.05) is 18.3 Å². The van der Waals surface area contributed by atoms with Crippen LogP contribution in [-0.2, 0) is 6.18 Å². The van der Waals surface area contributed by atoms with Gasteiger partial charge >= 0.3 is 169 Å². The van der Waals surface area contributed by atoms with E-state index in [0.29, 0.717) is 27.7 Å². The van der Waals surface area contributed by atoms with Gasteiger partial charge in [0.05, 0.1) is 23.1 Å². The molecule has 6 rings (SSSR count). The number of nitrogens with zero attached hydrogens (tertiary/aromatic N) is 5. The molecule has 8 nitrogen and oxygen atoms in total. The SMILES string of the molecule is CCC[CH2][Sn]([CH2]CCC)([CH2]CCC)[c]1ccnn1-c1ccc(Cl)cc1.CNC(=O)c1cc(-c2ccnn2-c2ccc(Cl)cc2)c(C)n(-c2cccc(C(F)(F)F)c2)c1=O. The van der Waals surface area contributed by atoms with Gasteiger partial charge in [0.25, 0.3) is 11.5 Å². The van der Waals surface area contributed by atoms with Gasteiger partial charge in [0.1, 0.15) is 5.56 Å². The van der Waals surface area contributed by atoms with E-state index in [4.69, 9.17) is 28.3 Å². The maximum Gasteiger partial charge on any atom is 0.416 e. The van der Waals surface area contributed by atoms with Crippen molar-refractivity contribution in [3.05, 3.63) is 141 Å². The number of carbonyl (C=O) groups excluding carboxylic acids is 1. The normalized spacial score (nSPS) is 11.6. The summed E-state index contributed by atoms with van der Waals surface area (Å²) in [6.07, 6.45) is 6.97. The van der Waals surface area contributed by atoms with Crippen LogP contribution < -0.4 is 14.6 Å². The molecular formula is C45H51Cl2F3N6O2Sn. The van der Waals surface area contributed by atoms with Gasteiger partial charge in [-0.3, -0.25) is 14.2 Å². The summed E-state index contributed by atoms with van der Waals surface area (Å²) >= 11 is 9.60. The molecule has 0 bridgehead atoms. The van der Waals surface area contributed by atoms with Crippen LogP contribution in [0.25, 0.3) is 28.3 Å². The third-order valence-electron chi connectivity index (χ3n) is 10.6. The van der Waals surface area contributed by atoms with Crippen molar-refractivity contribution in [3.63, 3.8) is 0 Å². The van der Waals surface area contributed by atoms with E-state index in [-0.39, 0.29) is 11.3 Å². The van der Waals surface area contributed by atoms with Gasteiger partial charge < -0.3 is 5.32 Å². The van der Waals surface area contributed by atoms with Crippen LogP contribution in [0.4, 0.5) is 13.2 Å². The number of hydrogen-bond acceptors (Lipinski definition) is 4. The number of alkyl halides is 3. The van der Waals surface area contributed by atoms with Crippen LogP contribution in [0.1, 0.15) is 80.9 Å². The van der Waals surface area contributed by atoms with Crippen LogP contribution in [-0.4, -0.2) is 55.5 Å². The Bertz CT molecular complexity index is 2350. The minimum atomic E-state index is -4.60. The zero-order valence-corrected chi connectivity index (χ0v) is 38.5. The summed E-state index contributed by atoms with van der Waals surface area (Å²) in [6, 6.07) is 24.9. The Balaban J connectivity index is 0.000000236. The molecule has 0 saturated carbocycles. The molecule has 14 heteroatoms. The summed E-state index contributed by atoms with van der Waals surface area (Å²) in [5.74, 6) is -0.662. The van der Waals surface area contributed by atoms with Crippen molar-refractivity contribution in [2.75, 3.05) is 7.05 Å². The average molecular weight is 955 g/mol. The fourth-order valence-electron chi connectivity index (χ4n) is 7.49. The number of pyridine rings is 1. The van der Waals surface area contributed by atoms with Gasteiger partial charge in [-0.25, -0.2) is 4.68 Å². The largest absolute Gasteiger partial charge is 0.416 e. The predicted octanol–water partition coefficient (Wildman–Crippen LogP) is 11.6. The van der Waals surface area contributed by atoms with Crippen LogP contribution in [0, 0.1) is 6.92 Å². The van der Waals surface area contributed by atoms with E-state index in [1.54, 1.807) is 51.8 Å². The topological polar surface area (TPSA) is 86.7 Å². The van der Waals surface area contributed by atoms with Gasteiger partial charge in [-0.05, 0) is 61.5 Å². The minimum Gasteiger partial charge on any atom is -0.355 e. The second-order valence-electron chi connectivity index (χ2n) is 14.6. The number of unbranched alkanes of at least 4 members (excludes halogenated alkanes) is 3. The first-order chi connectivity index (χ1) is 28.3. The van der Waals surface area contributed by atoms with Gasteiger partial charge in [0.15, 0.2) is 0 Å². The Morgan fingerprint density at radius 2 is 1.25 bits per heavy atom. The monoisotopic (exact) mass is 954 g/mol. The number of halogens is 5. The van der Waals surface area contributed by atoms with Crippen LogP contribution in [0.15, 0.2) is 108 Å². The molecule has 0 radical (unpaired) electrons. The first-order valence-corrected chi connectivity index (χ1v) is 28.3. The second-order valence-corrected chi connectivity index (χ2v) is 28.5. The Kier molecular flexibility index (Phi) is 16.1. The standard InChI is InChI=1S/C24H18ClF3N4O2.C9H6ClN2.3C4H9.Sn/c1-14-19(21-10-11-30-32(21)17-8-6-16(25)7-9-17)13-20(22(33)29-2)23(34)31(14)18-5-3-4-15(12-18)24(26,27)28;10-8-2-4-9(5-3-8)12-7-1-6-11-12;3*1-3-4-2;/h3-13H,1-2H3,(H,29,33);1-6H;3*1,3-4H2,2H3;. The number of rotatable bonds is 15. The van der Waals surface area contributed by atoms with Crippen LogP contribution in [0.2, 0.25) is 23.4 Å². The summed E-state index contributed by atoms with van der Waals surface area (Å²) in [5, 5.41) is 12.8. The van der Waals surface area contributed by atoms with Gasteiger partial charge in [-0.2, -0.15) is 18.3 Å². The van der Waals surface area contributed by atoms with Crippen LogP contribution in [0.5, 0.6) is 0 Å².